The molecule has 0 saturated carbocycles. The highest BCUT2D eigenvalue weighted by Crippen LogP contribution is 2.27. The normalized spacial score (nSPS) is 11.2. The number of carbonyl (C=O) groups is 1. The van der Waals surface area contributed by atoms with Crippen molar-refractivity contribution in [1.29, 1.82) is 0 Å². The van der Waals surface area contributed by atoms with Crippen molar-refractivity contribution >= 4 is 28.2 Å². The number of anilines is 2. The molecule has 0 aliphatic rings. The third kappa shape index (κ3) is 4.35. The fraction of sp³-hybridized carbons (Fsp3) is 0.692. The number of ether oxygens (including phenoxy) is 1. The summed E-state index contributed by atoms with van der Waals surface area (Å²) in [4.78, 5) is 19.0. The summed E-state index contributed by atoms with van der Waals surface area (Å²) in [6, 6.07) is 0.332. The monoisotopic (exact) mass is 300 g/mol. The summed E-state index contributed by atoms with van der Waals surface area (Å²) in [7, 11) is 1.62. The molecule has 0 radical (unpaired) electrons. The number of nitrogens with one attached hydrogen (secondary N) is 1. The molecule has 1 amide bonds. The van der Waals surface area contributed by atoms with Gasteiger partial charge >= 0.3 is 0 Å². The first-order chi connectivity index (χ1) is 9.36. The van der Waals surface area contributed by atoms with E-state index in [0.717, 1.165) is 0 Å². The van der Waals surface area contributed by atoms with Gasteiger partial charge in [0.1, 0.15) is 10.7 Å². The summed E-state index contributed by atoms with van der Waals surface area (Å²) in [6.45, 7) is 9.00. The first kappa shape index (κ1) is 16.7. The summed E-state index contributed by atoms with van der Waals surface area (Å²) in [5.74, 6) is 0.190. The average Bonchev–Trinajstić information content (AvgIpc) is 2.69. The molecule has 6 nitrogen and oxygen atoms in total. The molecule has 0 bridgehead atoms. The zero-order valence-corrected chi connectivity index (χ0v) is 13.6. The van der Waals surface area contributed by atoms with Crippen LogP contribution in [0.2, 0.25) is 0 Å². The molecule has 20 heavy (non-hydrogen) atoms. The van der Waals surface area contributed by atoms with E-state index in [1.54, 1.807) is 12.0 Å². The highest BCUT2D eigenvalue weighted by atomic mass is 32.1. The predicted octanol–water partition coefficient (Wildman–Crippen LogP) is 2.04. The second kappa shape index (κ2) is 7.44. The fourth-order valence-electron chi connectivity index (χ4n) is 1.71. The minimum atomic E-state index is -0.0937. The van der Waals surface area contributed by atoms with E-state index in [4.69, 9.17) is 10.5 Å². The van der Waals surface area contributed by atoms with Gasteiger partial charge in [-0.2, -0.15) is 0 Å². The lowest BCUT2D eigenvalue weighted by Gasteiger charge is -2.25. The summed E-state index contributed by atoms with van der Waals surface area (Å²) < 4.78 is 5.05. The summed E-state index contributed by atoms with van der Waals surface area (Å²) in [6.07, 6.45) is 0. The number of nitrogens with zero attached hydrogens (tertiary/aromatic N) is 2. The molecule has 1 heterocycles. The van der Waals surface area contributed by atoms with Crippen molar-refractivity contribution in [2.75, 3.05) is 31.3 Å². The van der Waals surface area contributed by atoms with Crippen LogP contribution < -0.4 is 11.1 Å². The molecule has 0 aliphatic carbocycles. The van der Waals surface area contributed by atoms with Gasteiger partial charge in [-0.15, -0.1) is 0 Å². The van der Waals surface area contributed by atoms with Gasteiger partial charge in [0.25, 0.3) is 5.91 Å². The average molecular weight is 300 g/mol. The first-order valence-corrected chi connectivity index (χ1v) is 7.51. The van der Waals surface area contributed by atoms with E-state index in [1.165, 1.54) is 11.3 Å². The molecule has 0 atom stereocenters. The summed E-state index contributed by atoms with van der Waals surface area (Å²) >= 11 is 1.30. The Hall–Kier alpha value is -1.34. The number of amides is 1. The van der Waals surface area contributed by atoms with Crippen molar-refractivity contribution in [2.24, 2.45) is 0 Å². The van der Waals surface area contributed by atoms with E-state index in [9.17, 15) is 4.79 Å². The molecule has 0 aliphatic heterocycles. The molecule has 0 fully saturated rings. The van der Waals surface area contributed by atoms with Gasteiger partial charge in [-0.05, 0) is 27.7 Å². The molecular weight excluding hydrogens is 276 g/mol. The number of nitrogen functional groups attached to an aromatic ring is 1. The first-order valence-electron chi connectivity index (χ1n) is 6.69. The highest BCUT2D eigenvalue weighted by Gasteiger charge is 2.24. The number of hydrogen-bond acceptors (Lipinski definition) is 6. The van der Waals surface area contributed by atoms with Gasteiger partial charge < -0.3 is 20.7 Å². The van der Waals surface area contributed by atoms with Crippen LogP contribution in [0.15, 0.2) is 0 Å². The Morgan fingerprint density at radius 1 is 1.45 bits per heavy atom. The Morgan fingerprint density at radius 3 is 2.60 bits per heavy atom. The van der Waals surface area contributed by atoms with Crippen LogP contribution in [0.25, 0.3) is 0 Å². The maximum atomic E-state index is 12.5. The van der Waals surface area contributed by atoms with Crippen LogP contribution in [0.5, 0.6) is 0 Å². The quantitative estimate of drug-likeness (QED) is 0.805. The fourth-order valence-corrected chi connectivity index (χ4v) is 2.69. The second-order valence-corrected chi connectivity index (χ2v) is 6.12. The molecular formula is C13H24N4O2S. The number of methoxy groups -OCH3 is 1. The van der Waals surface area contributed by atoms with Crippen molar-refractivity contribution < 1.29 is 9.53 Å². The smallest absolute Gasteiger partial charge is 0.268 e. The van der Waals surface area contributed by atoms with Gasteiger partial charge in [-0.25, -0.2) is 4.98 Å². The van der Waals surface area contributed by atoms with E-state index < -0.39 is 0 Å². The Morgan fingerprint density at radius 2 is 2.10 bits per heavy atom. The molecule has 114 valence electrons. The van der Waals surface area contributed by atoms with Crippen molar-refractivity contribution in [1.82, 2.24) is 9.88 Å². The zero-order valence-electron chi connectivity index (χ0n) is 12.8. The lowest BCUT2D eigenvalue weighted by atomic mass is 10.3. The van der Waals surface area contributed by atoms with Gasteiger partial charge in [0.15, 0.2) is 5.13 Å². The van der Waals surface area contributed by atoms with Crippen LogP contribution >= 0.6 is 11.3 Å². The Balaban J connectivity index is 2.91. The molecule has 0 aromatic carbocycles. The van der Waals surface area contributed by atoms with Crippen LogP contribution in [-0.2, 0) is 4.74 Å². The number of rotatable bonds is 7. The number of hydrogen-bond donors (Lipinski definition) is 2. The SMILES string of the molecule is COCCN(C(=O)c1sc(NC(C)C)nc1N)C(C)C. The summed E-state index contributed by atoms with van der Waals surface area (Å²) in [5, 5.41) is 3.84. The largest absolute Gasteiger partial charge is 0.383 e. The molecule has 3 N–H and O–H groups in total. The number of aromatic nitrogens is 1. The molecule has 0 saturated heterocycles. The van der Waals surface area contributed by atoms with Crippen LogP contribution in [0.4, 0.5) is 10.9 Å². The minimum Gasteiger partial charge on any atom is -0.383 e. The summed E-state index contributed by atoms with van der Waals surface area (Å²) in [5.41, 5.74) is 5.87. The van der Waals surface area contributed by atoms with Crippen molar-refractivity contribution in [3.63, 3.8) is 0 Å². The van der Waals surface area contributed by atoms with Crippen molar-refractivity contribution in [2.45, 2.75) is 39.8 Å². The van der Waals surface area contributed by atoms with E-state index in [-0.39, 0.29) is 23.8 Å². The predicted molar refractivity (Wildman–Crippen MR) is 83.3 cm³/mol. The third-order valence-corrected chi connectivity index (χ3v) is 3.67. The van der Waals surface area contributed by atoms with Crippen LogP contribution in [0, 0.1) is 0 Å². The van der Waals surface area contributed by atoms with E-state index >= 15 is 0 Å². The van der Waals surface area contributed by atoms with Crippen molar-refractivity contribution in [3.05, 3.63) is 4.88 Å². The third-order valence-electron chi connectivity index (χ3n) is 2.68. The van der Waals surface area contributed by atoms with E-state index in [1.807, 2.05) is 27.7 Å². The Labute approximate surface area is 124 Å². The molecule has 1 aromatic rings. The topological polar surface area (TPSA) is 80.5 Å². The molecule has 1 aromatic heterocycles. The van der Waals surface area contributed by atoms with Gasteiger partial charge in [-0.1, -0.05) is 11.3 Å². The maximum absolute atomic E-state index is 12.5. The van der Waals surface area contributed by atoms with Crippen molar-refractivity contribution in [3.8, 4) is 0 Å². The van der Waals surface area contributed by atoms with E-state index in [0.29, 0.717) is 23.2 Å². The van der Waals surface area contributed by atoms with Crippen LogP contribution in [0.3, 0.4) is 0 Å². The number of carbonyl (C=O) groups excluding carboxylic acids is 1. The maximum Gasteiger partial charge on any atom is 0.268 e. The Bertz CT molecular complexity index is 446. The lowest BCUT2D eigenvalue weighted by molar-refractivity contribution is 0.0640. The van der Waals surface area contributed by atoms with Crippen LogP contribution in [0.1, 0.15) is 37.4 Å². The number of thiazole rings is 1. The zero-order chi connectivity index (χ0) is 15.3. The Kier molecular flexibility index (Phi) is 6.22. The highest BCUT2D eigenvalue weighted by molar-refractivity contribution is 7.18. The van der Waals surface area contributed by atoms with E-state index in [2.05, 4.69) is 10.3 Å². The van der Waals surface area contributed by atoms with Gasteiger partial charge in [0, 0.05) is 25.7 Å². The lowest BCUT2D eigenvalue weighted by Crippen LogP contribution is -2.39. The minimum absolute atomic E-state index is 0.0839. The van der Waals surface area contributed by atoms with Gasteiger partial charge in [-0.3, -0.25) is 4.79 Å². The number of nitrogens with two attached hydrogens (primary N) is 1. The molecule has 1 rings (SSSR count). The molecule has 0 unspecified atom stereocenters. The van der Waals surface area contributed by atoms with Gasteiger partial charge in [0.2, 0.25) is 0 Å². The molecule has 0 spiro atoms. The second-order valence-electron chi connectivity index (χ2n) is 5.12. The standard InChI is InChI=1S/C13H24N4O2S/c1-8(2)15-13-16-11(14)10(20-13)12(18)17(9(3)4)6-7-19-5/h8-9H,6-7,14H2,1-5H3,(H,15,16). The van der Waals surface area contributed by atoms with Gasteiger partial charge in [0.05, 0.1) is 6.61 Å². The molecule has 7 heteroatoms. The van der Waals surface area contributed by atoms with Crippen LogP contribution in [-0.4, -0.2) is 48.1 Å².